The van der Waals surface area contributed by atoms with E-state index in [1.165, 1.54) is 23.4 Å². The van der Waals surface area contributed by atoms with E-state index < -0.39 is 12.0 Å². The average Bonchev–Trinajstić information content (AvgIpc) is 2.46. The highest BCUT2D eigenvalue weighted by molar-refractivity contribution is 6.08. The lowest BCUT2D eigenvalue weighted by atomic mass is 10.1. The smallest absolute Gasteiger partial charge is 0.335 e. The van der Waals surface area contributed by atoms with Crippen LogP contribution in [0.4, 0.5) is 10.6 Å². The molecule has 1 aromatic carbocycles. The Kier molecular flexibility index (Phi) is 2.98. The highest BCUT2D eigenvalue weighted by Gasteiger charge is 2.26. The number of nitrogens with zero attached hydrogens (tertiary/aromatic N) is 3. The van der Waals surface area contributed by atoms with Gasteiger partial charge in [0.2, 0.25) is 5.91 Å². The Bertz CT molecular complexity index is 774. The first-order chi connectivity index (χ1) is 10.1. The van der Waals surface area contributed by atoms with Crippen LogP contribution in [-0.4, -0.2) is 39.5 Å². The van der Waals surface area contributed by atoms with Gasteiger partial charge in [0.25, 0.3) is 0 Å². The third kappa shape index (κ3) is 2.27. The van der Waals surface area contributed by atoms with Crippen molar-refractivity contribution in [1.29, 1.82) is 0 Å². The standard InChI is InChI=1S/C13H10N4O4/c18-10-3-4-17(13(21)16-10)11-8-2-1-7(12(19)20)5-9(8)14-6-15-11/h1-2,5-6H,3-4H2,(H,19,20)(H,16,18,21). The minimum absolute atomic E-state index is 0.102. The van der Waals surface area contributed by atoms with E-state index in [-0.39, 0.29) is 24.4 Å². The first-order valence-corrected chi connectivity index (χ1v) is 6.15. The van der Waals surface area contributed by atoms with Crippen LogP contribution >= 0.6 is 0 Å². The van der Waals surface area contributed by atoms with Crippen LogP contribution in [0.15, 0.2) is 24.5 Å². The Labute approximate surface area is 118 Å². The highest BCUT2D eigenvalue weighted by Crippen LogP contribution is 2.25. The van der Waals surface area contributed by atoms with Gasteiger partial charge in [-0.05, 0) is 18.2 Å². The van der Waals surface area contributed by atoms with Crippen molar-refractivity contribution in [3.8, 4) is 0 Å². The zero-order chi connectivity index (χ0) is 15.0. The SMILES string of the molecule is O=C1CCN(c2ncnc3cc(C(=O)O)ccc23)C(=O)N1. The molecule has 106 valence electrons. The van der Waals surface area contributed by atoms with Gasteiger partial charge < -0.3 is 5.11 Å². The number of hydrogen-bond donors (Lipinski definition) is 2. The molecule has 1 aliphatic heterocycles. The maximum absolute atomic E-state index is 11.9. The van der Waals surface area contributed by atoms with Crippen LogP contribution < -0.4 is 10.2 Å². The van der Waals surface area contributed by atoms with Crippen molar-refractivity contribution >= 4 is 34.6 Å². The topological polar surface area (TPSA) is 112 Å². The molecule has 2 heterocycles. The predicted molar refractivity (Wildman–Crippen MR) is 72.0 cm³/mol. The molecule has 0 radical (unpaired) electrons. The Morgan fingerprint density at radius 1 is 1.29 bits per heavy atom. The van der Waals surface area contributed by atoms with Crippen molar-refractivity contribution in [2.75, 3.05) is 11.4 Å². The molecular formula is C13H10N4O4. The van der Waals surface area contributed by atoms with E-state index in [9.17, 15) is 14.4 Å². The van der Waals surface area contributed by atoms with Crippen molar-refractivity contribution in [2.45, 2.75) is 6.42 Å². The van der Waals surface area contributed by atoms with Crippen LogP contribution in [0.3, 0.4) is 0 Å². The second-order valence-corrected chi connectivity index (χ2v) is 4.49. The molecule has 0 bridgehead atoms. The number of carboxylic acid groups (broad SMARTS) is 1. The molecule has 1 saturated heterocycles. The molecular weight excluding hydrogens is 276 g/mol. The molecule has 2 N–H and O–H groups in total. The molecule has 1 fully saturated rings. The number of carbonyl (C=O) groups excluding carboxylic acids is 2. The van der Waals surface area contributed by atoms with Gasteiger partial charge >= 0.3 is 12.0 Å². The zero-order valence-corrected chi connectivity index (χ0v) is 10.7. The third-order valence-corrected chi connectivity index (χ3v) is 3.17. The van der Waals surface area contributed by atoms with E-state index in [1.54, 1.807) is 6.07 Å². The van der Waals surface area contributed by atoms with E-state index in [2.05, 4.69) is 15.3 Å². The molecule has 21 heavy (non-hydrogen) atoms. The van der Waals surface area contributed by atoms with Gasteiger partial charge in [-0.1, -0.05) is 0 Å². The molecule has 8 heteroatoms. The predicted octanol–water partition coefficient (Wildman–Crippen LogP) is 0.774. The number of fused-ring (bicyclic) bond motifs is 1. The number of urea groups is 1. The van der Waals surface area contributed by atoms with Gasteiger partial charge in [-0.2, -0.15) is 0 Å². The summed E-state index contributed by atoms with van der Waals surface area (Å²) in [6.07, 6.45) is 1.44. The molecule has 3 rings (SSSR count). The molecule has 0 spiro atoms. The van der Waals surface area contributed by atoms with E-state index in [4.69, 9.17) is 5.11 Å². The minimum atomic E-state index is -1.06. The molecule has 0 unspecified atom stereocenters. The fraction of sp³-hybridized carbons (Fsp3) is 0.154. The van der Waals surface area contributed by atoms with E-state index in [0.29, 0.717) is 16.7 Å². The van der Waals surface area contributed by atoms with Crippen molar-refractivity contribution in [1.82, 2.24) is 15.3 Å². The lowest BCUT2D eigenvalue weighted by Gasteiger charge is -2.26. The number of rotatable bonds is 2. The summed E-state index contributed by atoms with van der Waals surface area (Å²) in [5.74, 6) is -1.04. The van der Waals surface area contributed by atoms with Crippen LogP contribution in [0.5, 0.6) is 0 Å². The molecule has 2 aromatic rings. The number of nitrogens with one attached hydrogen (secondary N) is 1. The second kappa shape index (κ2) is 4.82. The van der Waals surface area contributed by atoms with Crippen LogP contribution in [0, 0.1) is 0 Å². The Morgan fingerprint density at radius 2 is 2.10 bits per heavy atom. The second-order valence-electron chi connectivity index (χ2n) is 4.49. The van der Waals surface area contributed by atoms with Gasteiger partial charge in [0.15, 0.2) is 0 Å². The van der Waals surface area contributed by atoms with Crippen molar-refractivity contribution in [2.24, 2.45) is 0 Å². The number of aromatic carboxylic acids is 1. The number of hydrogen-bond acceptors (Lipinski definition) is 5. The molecule has 1 aliphatic rings. The quantitative estimate of drug-likeness (QED) is 0.843. The third-order valence-electron chi connectivity index (χ3n) is 3.17. The average molecular weight is 286 g/mol. The summed E-state index contributed by atoms with van der Waals surface area (Å²) in [6.45, 7) is 0.220. The van der Waals surface area contributed by atoms with Crippen molar-refractivity contribution < 1.29 is 19.5 Å². The molecule has 0 aliphatic carbocycles. The van der Waals surface area contributed by atoms with Crippen molar-refractivity contribution in [3.63, 3.8) is 0 Å². The summed E-state index contributed by atoms with van der Waals surface area (Å²) in [7, 11) is 0. The highest BCUT2D eigenvalue weighted by atomic mass is 16.4. The van der Waals surface area contributed by atoms with Gasteiger partial charge in [0.05, 0.1) is 11.1 Å². The summed E-state index contributed by atoms with van der Waals surface area (Å²) in [5.41, 5.74) is 0.523. The molecule has 8 nitrogen and oxygen atoms in total. The number of amides is 3. The van der Waals surface area contributed by atoms with E-state index >= 15 is 0 Å². The van der Waals surface area contributed by atoms with Gasteiger partial charge in [0.1, 0.15) is 12.1 Å². The van der Waals surface area contributed by atoms with Gasteiger partial charge in [-0.15, -0.1) is 0 Å². The van der Waals surface area contributed by atoms with Gasteiger partial charge in [-0.25, -0.2) is 19.6 Å². The Hall–Kier alpha value is -3.03. The van der Waals surface area contributed by atoms with Crippen LogP contribution in [0.1, 0.15) is 16.8 Å². The summed E-state index contributed by atoms with van der Waals surface area (Å²) in [6, 6.07) is 3.84. The summed E-state index contributed by atoms with van der Waals surface area (Å²) < 4.78 is 0. The minimum Gasteiger partial charge on any atom is -0.478 e. The largest absolute Gasteiger partial charge is 0.478 e. The summed E-state index contributed by atoms with van der Waals surface area (Å²) in [4.78, 5) is 43.4. The maximum atomic E-state index is 11.9. The Balaban J connectivity index is 2.09. The lowest BCUT2D eigenvalue weighted by Crippen LogP contribution is -2.50. The molecule has 0 atom stereocenters. The lowest BCUT2D eigenvalue weighted by molar-refractivity contribution is -0.120. The zero-order valence-electron chi connectivity index (χ0n) is 10.7. The number of anilines is 1. The monoisotopic (exact) mass is 286 g/mol. The molecule has 0 saturated carbocycles. The fourth-order valence-electron chi connectivity index (χ4n) is 2.16. The normalized spacial score (nSPS) is 15.1. The number of imide groups is 1. The summed E-state index contributed by atoms with van der Waals surface area (Å²) >= 11 is 0. The van der Waals surface area contributed by atoms with Crippen LogP contribution in [0.25, 0.3) is 10.9 Å². The van der Waals surface area contributed by atoms with Crippen LogP contribution in [-0.2, 0) is 4.79 Å². The van der Waals surface area contributed by atoms with Crippen molar-refractivity contribution in [3.05, 3.63) is 30.1 Å². The number of aromatic nitrogens is 2. The first kappa shape index (κ1) is 13.0. The fourth-order valence-corrected chi connectivity index (χ4v) is 2.16. The number of carboxylic acids is 1. The number of carbonyl (C=O) groups is 3. The van der Waals surface area contributed by atoms with Crippen LogP contribution in [0.2, 0.25) is 0 Å². The van der Waals surface area contributed by atoms with E-state index in [0.717, 1.165) is 0 Å². The molecule has 1 aromatic heterocycles. The van der Waals surface area contributed by atoms with E-state index in [1.807, 2.05) is 0 Å². The Morgan fingerprint density at radius 3 is 2.81 bits per heavy atom. The first-order valence-electron chi connectivity index (χ1n) is 6.15. The maximum Gasteiger partial charge on any atom is 0.335 e. The van der Waals surface area contributed by atoms with Gasteiger partial charge in [0, 0.05) is 18.4 Å². The van der Waals surface area contributed by atoms with Gasteiger partial charge in [-0.3, -0.25) is 15.0 Å². The summed E-state index contributed by atoms with van der Waals surface area (Å²) in [5, 5.41) is 11.7. The number of benzene rings is 1. The molecule has 3 amide bonds.